The lowest BCUT2D eigenvalue weighted by Gasteiger charge is -2.22. The van der Waals surface area contributed by atoms with E-state index in [2.05, 4.69) is 21.9 Å². The minimum Gasteiger partial charge on any atom is -0.322 e. The van der Waals surface area contributed by atoms with Crippen molar-refractivity contribution in [3.63, 3.8) is 0 Å². The third-order valence-electron chi connectivity index (χ3n) is 4.87. The highest BCUT2D eigenvalue weighted by Gasteiger charge is 2.25. The number of hydrogen-bond donors (Lipinski definition) is 2. The van der Waals surface area contributed by atoms with Gasteiger partial charge >= 0.3 is 0 Å². The van der Waals surface area contributed by atoms with E-state index in [1.54, 1.807) is 12.1 Å². The molecule has 0 aliphatic carbocycles. The van der Waals surface area contributed by atoms with Gasteiger partial charge in [-0.15, -0.1) is 0 Å². The standard InChI is InChI=1S/C20H25N3O3S/c1-2-23-14-6-9-18(23)15-21-27(25,26)19-12-10-16(11-13-19)20(24)22-17-7-4-3-5-8-17/h3-5,7-8,10-13,18,21H,2,6,9,14-15H2,1H3,(H,22,24)/t18-/m1/s1. The van der Waals surface area contributed by atoms with Gasteiger partial charge in [-0.25, -0.2) is 13.1 Å². The van der Waals surface area contributed by atoms with Gasteiger partial charge in [0, 0.05) is 23.8 Å². The Bertz CT molecular complexity index is 867. The van der Waals surface area contributed by atoms with Crippen LogP contribution >= 0.6 is 0 Å². The molecular formula is C20H25N3O3S. The Kier molecular flexibility index (Phi) is 6.26. The first kappa shape index (κ1) is 19.5. The average molecular weight is 388 g/mol. The lowest BCUT2D eigenvalue weighted by atomic mass is 10.2. The molecule has 0 spiro atoms. The van der Waals surface area contributed by atoms with Gasteiger partial charge < -0.3 is 5.32 Å². The van der Waals surface area contributed by atoms with Crippen LogP contribution in [0.5, 0.6) is 0 Å². The van der Waals surface area contributed by atoms with E-state index >= 15 is 0 Å². The Morgan fingerprint density at radius 1 is 1.11 bits per heavy atom. The van der Waals surface area contributed by atoms with Gasteiger partial charge in [-0.1, -0.05) is 25.1 Å². The number of hydrogen-bond acceptors (Lipinski definition) is 4. The number of nitrogens with one attached hydrogen (secondary N) is 2. The van der Waals surface area contributed by atoms with Crippen molar-refractivity contribution >= 4 is 21.6 Å². The number of carbonyl (C=O) groups is 1. The fourth-order valence-electron chi connectivity index (χ4n) is 3.34. The van der Waals surface area contributed by atoms with Crippen LogP contribution in [0.2, 0.25) is 0 Å². The molecule has 1 heterocycles. The maximum Gasteiger partial charge on any atom is 0.255 e. The number of nitrogens with zero attached hydrogens (tertiary/aromatic N) is 1. The summed E-state index contributed by atoms with van der Waals surface area (Å²) in [6, 6.07) is 15.4. The maximum atomic E-state index is 12.5. The highest BCUT2D eigenvalue weighted by molar-refractivity contribution is 7.89. The Balaban J connectivity index is 1.62. The summed E-state index contributed by atoms with van der Waals surface area (Å²) in [6.07, 6.45) is 2.11. The summed E-state index contributed by atoms with van der Waals surface area (Å²) in [5.74, 6) is -0.275. The molecule has 1 saturated heterocycles. The molecule has 0 aromatic heterocycles. The number of anilines is 1. The Morgan fingerprint density at radius 2 is 1.81 bits per heavy atom. The molecule has 0 unspecified atom stereocenters. The molecule has 1 aliphatic rings. The van der Waals surface area contributed by atoms with E-state index in [1.807, 2.05) is 18.2 Å². The first-order valence-electron chi connectivity index (χ1n) is 9.20. The summed E-state index contributed by atoms with van der Waals surface area (Å²) in [7, 11) is -3.59. The molecule has 0 saturated carbocycles. The predicted octanol–water partition coefficient (Wildman–Crippen LogP) is 2.70. The van der Waals surface area contributed by atoms with Gasteiger partial charge in [0.1, 0.15) is 0 Å². The average Bonchev–Trinajstić information content (AvgIpc) is 3.15. The summed E-state index contributed by atoms with van der Waals surface area (Å²) in [5.41, 5.74) is 1.10. The van der Waals surface area contributed by atoms with Gasteiger partial charge in [-0.3, -0.25) is 9.69 Å². The number of amides is 1. The number of rotatable bonds is 7. The van der Waals surface area contributed by atoms with Gasteiger partial charge in [0.25, 0.3) is 5.91 Å². The summed E-state index contributed by atoms with van der Waals surface area (Å²) in [5, 5.41) is 2.78. The summed E-state index contributed by atoms with van der Waals surface area (Å²) in [4.78, 5) is 14.7. The normalized spacial score (nSPS) is 17.7. The van der Waals surface area contributed by atoms with Crippen molar-refractivity contribution in [3.8, 4) is 0 Å². The molecular weight excluding hydrogens is 362 g/mol. The second-order valence-electron chi connectivity index (χ2n) is 6.62. The van der Waals surface area contributed by atoms with Gasteiger partial charge in [-0.05, 0) is 62.3 Å². The molecule has 1 aliphatic heterocycles. The summed E-state index contributed by atoms with van der Waals surface area (Å²) in [6.45, 7) is 4.45. The van der Waals surface area contributed by atoms with Crippen LogP contribution in [0, 0.1) is 0 Å². The minimum absolute atomic E-state index is 0.166. The lowest BCUT2D eigenvalue weighted by molar-refractivity contribution is 0.102. The molecule has 6 nitrogen and oxygen atoms in total. The number of sulfonamides is 1. The molecule has 1 atom stereocenters. The second-order valence-corrected chi connectivity index (χ2v) is 8.39. The van der Waals surface area contributed by atoms with Crippen LogP contribution in [0.4, 0.5) is 5.69 Å². The molecule has 1 fully saturated rings. The Hall–Kier alpha value is -2.22. The van der Waals surface area contributed by atoms with Crippen molar-refractivity contribution in [1.82, 2.24) is 9.62 Å². The number of likely N-dealkylation sites (tertiary alicyclic amines) is 1. The zero-order valence-electron chi connectivity index (χ0n) is 15.4. The van der Waals surface area contributed by atoms with Crippen molar-refractivity contribution < 1.29 is 13.2 Å². The molecule has 27 heavy (non-hydrogen) atoms. The summed E-state index contributed by atoms with van der Waals surface area (Å²) >= 11 is 0. The largest absolute Gasteiger partial charge is 0.322 e. The smallest absolute Gasteiger partial charge is 0.255 e. The fraction of sp³-hybridized carbons (Fsp3) is 0.350. The lowest BCUT2D eigenvalue weighted by Crippen LogP contribution is -2.39. The molecule has 7 heteroatoms. The van der Waals surface area contributed by atoms with Crippen LogP contribution in [-0.2, 0) is 10.0 Å². The second kappa shape index (κ2) is 8.65. The van der Waals surface area contributed by atoms with Gasteiger partial charge in [0.15, 0.2) is 0 Å². The van der Waals surface area contributed by atoms with Gasteiger partial charge in [0.2, 0.25) is 10.0 Å². The quantitative estimate of drug-likeness (QED) is 0.766. The van der Waals surface area contributed by atoms with Crippen LogP contribution in [0.15, 0.2) is 59.5 Å². The first-order chi connectivity index (χ1) is 13.0. The van der Waals surface area contributed by atoms with Crippen LogP contribution < -0.4 is 10.0 Å². The van der Waals surface area contributed by atoms with Crippen molar-refractivity contribution in [2.45, 2.75) is 30.7 Å². The molecule has 3 rings (SSSR count). The monoisotopic (exact) mass is 387 g/mol. The van der Waals surface area contributed by atoms with Crippen LogP contribution in [-0.4, -0.2) is 44.9 Å². The van der Waals surface area contributed by atoms with Crippen molar-refractivity contribution in [3.05, 3.63) is 60.2 Å². The Labute approximate surface area is 160 Å². The zero-order valence-corrected chi connectivity index (χ0v) is 16.2. The Morgan fingerprint density at radius 3 is 2.48 bits per heavy atom. The maximum absolute atomic E-state index is 12.5. The molecule has 2 N–H and O–H groups in total. The van der Waals surface area contributed by atoms with E-state index in [1.165, 1.54) is 24.3 Å². The van der Waals surface area contributed by atoms with Crippen molar-refractivity contribution in [1.29, 1.82) is 0 Å². The van der Waals surface area contributed by atoms with Crippen LogP contribution in [0.3, 0.4) is 0 Å². The molecule has 0 bridgehead atoms. The van der Waals surface area contributed by atoms with Crippen molar-refractivity contribution in [2.24, 2.45) is 0 Å². The number of para-hydroxylation sites is 1. The highest BCUT2D eigenvalue weighted by atomic mass is 32.2. The molecule has 2 aromatic rings. The van der Waals surface area contributed by atoms with E-state index in [4.69, 9.17) is 0 Å². The van der Waals surface area contributed by atoms with E-state index in [0.717, 1.165) is 25.9 Å². The van der Waals surface area contributed by atoms with Crippen LogP contribution in [0.25, 0.3) is 0 Å². The van der Waals surface area contributed by atoms with E-state index in [9.17, 15) is 13.2 Å². The number of carbonyl (C=O) groups excluding carboxylic acids is 1. The molecule has 1 amide bonds. The molecule has 0 radical (unpaired) electrons. The molecule has 2 aromatic carbocycles. The van der Waals surface area contributed by atoms with Gasteiger partial charge in [0.05, 0.1) is 4.90 Å². The van der Waals surface area contributed by atoms with E-state index in [0.29, 0.717) is 17.8 Å². The van der Waals surface area contributed by atoms with E-state index < -0.39 is 10.0 Å². The predicted molar refractivity (Wildman–Crippen MR) is 106 cm³/mol. The summed E-state index contributed by atoms with van der Waals surface area (Å²) < 4.78 is 27.8. The zero-order chi connectivity index (χ0) is 19.3. The molecule has 144 valence electrons. The third-order valence-corrected chi connectivity index (χ3v) is 6.31. The minimum atomic E-state index is -3.59. The van der Waals surface area contributed by atoms with Gasteiger partial charge in [-0.2, -0.15) is 0 Å². The number of benzene rings is 2. The highest BCUT2D eigenvalue weighted by Crippen LogP contribution is 2.17. The number of likely N-dealkylation sites (N-methyl/N-ethyl adjacent to an activating group) is 1. The third kappa shape index (κ3) is 4.94. The van der Waals surface area contributed by atoms with Crippen molar-refractivity contribution in [2.75, 3.05) is 25.0 Å². The first-order valence-corrected chi connectivity index (χ1v) is 10.7. The van der Waals surface area contributed by atoms with Crippen LogP contribution in [0.1, 0.15) is 30.1 Å². The topological polar surface area (TPSA) is 78.5 Å². The SMILES string of the molecule is CCN1CCC[C@@H]1CNS(=O)(=O)c1ccc(C(=O)Nc2ccccc2)cc1. The van der Waals surface area contributed by atoms with E-state index in [-0.39, 0.29) is 16.8 Å². The fourth-order valence-corrected chi connectivity index (χ4v) is 4.41.